The molecule has 0 aliphatic rings. The number of rotatable bonds is 3. The SMILES string of the molecule is Cc1cc(-c2noc(CCCl)n2)ccc1F. The summed E-state index contributed by atoms with van der Waals surface area (Å²) in [7, 11) is 0. The fourth-order valence-electron chi connectivity index (χ4n) is 1.34. The fourth-order valence-corrected chi connectivity index (χ4v) is 1.50. The van der Waals surface area contributed by atoms with Gasteiger partial charge in [-0.2, -0.15) is 4.98 Å². The quantitative estimate of drug-likeness (QED) is 0.775. The van der Waals surface area contributed by atoms with Gasteiger partial charge in [-0.05, 0) is 30.7 Å². The molecule has 0 fully saturated rings. The molecule has 2 aromatic rings. The third-order valence-corrected chi connectivity index (χ3v) is 2.38. The zero-order valence-electron chi connectivity index (χ0n) is 8.70. The highest BCUT2D eigenvalue weighted by molar-refractivity contribution is 6.17. The molecule has 0 aliphatic heterocycles. The summed E-state index contributed by atoms with van der Waals surface area (Å²) < 4.78 is 18.0. The Morgan fingerprint density at radius 1 is 1.44 bits per heavy atom. The van der Waals surface area contributed by atoms with E-state index in [-0.39, 0.29) is 5.82 Å². The first-order valence-corrected chi connectivity index (χ1v) is 5.39. The van der Waals surface area contributed by atoms with Gasteiger partial charge in [-0.1, -0.05) is 5.16 Å². The van der Waals surface area contributed by atoms with Crippen molar-refractivity contribution >= 4 is 11.6 Å². The van der Waals surface area contributed by atoms with Gasteiger partial charge in [-0.15, -0.1) is 11.6 Å². The second-order valence-corrected chi connectivity index (χ2v) is 3.79. The van der Waals surface area contributed by atoms with E-state index in [1.807, 2.05) is 0 Å². The first kappa shape index (κ1) is 11.1. The van der Waals surface area contributed by atoms with E-state index in [2.05, 4.69) is 10.1 Å². The van der Waals surface area contributed by atoms with E-state index in [0.29, 0.717) is 29.6 Å². The number of benzene rings is 1. The predicted molar refractivity (Wildman–Crippen MR) is 58.9 cm³/mol. The molecule has 5 heteroatoms. The molecule has 0 aliphatic carbocycles. The molecule has 1 heterocycles. The van der Waals surface area contributed by atoms with Crippen LogP contribution in [0.5, 0.6) is 0 Å². The zero-order valence-corrected chi connectivity index (χ0v) is 9.46. The summed E-state index contributed by atoms with van der Waals surface area (Å²) in [4.78, 5) is 4.16. The van der Waals surface area contributed by atoms with Crippen LogP contribution in [-0.2, 0) is 6.42 Å². The number of hydrogen-bond donors (Lipinski definition) is 0. The molecule has 84 valence electrons. The molecule has 1 aromatic carbocycles. The summed E-state index contributed by atoms with van der Waals surface area (Å²) in [5.74, 6) is 1.15. The van der Waals surface area contributed by atoms with E-state index in [0.717, 1.165) is 5.56 Å². The van der Waals surface area contributed by atoms with E-state index >= 15 is 0 Å². The second kappa shape index (κ2) is 4.61. The van der Waals surface area contributed by atoms with Crippen LogP contribution < -0.4 is 0 Å². The maximum absolute atomic E-state index is 13.1. The van der Waals surface area contributed by atoms with Crippen LogP contribution in [0, 0.1) is 12.7 Å². The number of aromatic nitrogens is 2. The maximum atomic E-state index is 13.1. The molecule has 0 saturated carbocycles. The number of aryl methyl sites for hydroxylation is 2. The van der Waals surface area contributed by atoms with Crippen molar-refractivity contribution in [2.75, 3.05) is 5.88 Å². The molecule has 0 amide bonds. The van der Waals surface area contributed by atoms with E-state index in [9.17, 15) is 4.39 Å². The van der Waals surface area contributed by atoms with Crippen molar-refractivity contribution < 1.29 is 8.91 Å². The van der Waals surface area contributed by atoms with Crippen molar-refractivity contribution in [3.8, 4) is 11.4 Å². The Bertz CT molecular complexity index is 498. The van der Waals surface area contributed by atoms with Gasteiger partial charge in [0.25, 0.3) is 0 Å². The van der Waals surface area contributed by atoms with Gasteiger partial charge >= 0.3 is 0 Å². The van der Waals surface area contributed by atoms with Crippen LogP contribution in [0.25, 0.3) is 11.4 Å². The molecule has 1 aromatic heterocycles. The zero-order chi connectivity index (χ0) is 11.5. The molecule has 0 N–H and O–H groups in total. The Morgan fingerprint density at radius 2 is 2.25 bits per heavy atom. The van der Waals surface area contributed by atoms with E-state index in [1.54, 1.807) is 19.1 Å². The topological polar surface area (TPSA) is 38.9 Å². The molecule has 2 rings (SSSR count). The number of alkyl halides is 1. The van der Waals surface area contributed by atoms with Gasteiger partial charge in [0.15, 0.2) is 0 Å². The molecule has 3 nitrogen and oxygen atoms in total. The van der Waals surface area contributed by atoms with Crippen molar-refractivity contribution in [1.29, 1.82) is 0 Å². The number of halogens is 2. The molecule has 0 atom stereocenters. The van der Waals surface area contributed by atoms with Crippen LogP contribution in [0.15, 0.2) is 22.7 Å². The van der Waals surface area contributed by atoms with Gasteiger partial charge in [-0.3, -0.25) is 0 Å². The molecule has 0 unspecified atom stereocenters. The van der Waals surface area contributed by atoms with Crippen LogP contribution in [0.2, 0.25) is 0 Å². The monoisotopic (exact) mass is 240 g/mol. The summed E-state index contributed by atoms with van der Waals surface area (Å²) in [5.41, 5.74) is 1.30. The lowest BCUT2D eigenvalue weighted by Crippen LogP contribution is -1.88. The third kappa shape index (κ3) is 2.22. The first-order valence-electron chi connectivity index (χ1n) is 4.86. The molecular formula is C11H10ClFN2O. The molecule has 0 radical (unpaired) electrons. The van der Waals surface area contributed by atoms with Crippen LogP contribution in [-0.4, -0.2) is 16.0 Å². The van der Waals surface area contributed by atoms with Crippen LogP contribution in [0.3, 0.4) is 0 Å². The minimum Gasteiger partial charge on any atom is -0.339 e. The molecule has 0 saturated heterocycles. The summed E-state index contributed by atoms with van der Waals surface area (Å²) in [6.07, 6.45) is 0.536. The normalized spacial score (nSPS) is 10.7. The average molecular weight is 241 g/mol. The number of hydrogen-bond acceptors (Lipinski definition) is 3. The highest BCUT2D eigenvalue weighted by Crippen LogP contribution is 2.19. The maximum Gasteiger partial charge on any atom is 0.228 e. The van der Waals surface area contributed by atoms with Gasteiger partial charge in [-0.25, -0.2) is 4.39 Å². The Labute approximate surface area is 97.2 Å². The van der Waals surface area contributed by atoms with Gasteiger partial charge in [0.05, 0.1) is 0 Å². The van der Waals surface area contributed by atoms with Crippen LogP contribution in [0.1, 0.15) is 11.5 Å². The Morgan fingerprint density at radius 3 is 2.94 bits per heavy atom. The summed E-state index contributed by atoms with van der Waals surface area (Å²) in [5, 5.41) is 3.81. The van der Waals surface area contributed by atoms with E-state index < -0.39 is 0 Å². The van der Waals surface area contributed by atoms with Crippen molar-refractivity contribution in [1.82, 2.24) is 10.1 Å². The molecule has 16 heavy (non-hydrogen) atoms. The third-order valence-electron chi connectivity index (χ3n) is 2.19. The van der Waals surface area contributed by atoms with Crippen LogP contribution in [0.4, 0.5) is 4.39 Å². The summed E-state index contributed by atoms with van der Waals surface area (Å²) >= 11 is 5.56. The van der Waals surface area contributed by atoms with Gasteiger partial charge in [0.1, 0.15) is 5.82 Å². The van der Waals surface area contributed by atoms with Gasteiger partial charge in [0, 0.05) is 17.9 Å². The van der Waals surface area contributed by atoms with Crippen molar-refractivity contribution in [3.63, 3.8) is 0 Å². The largest absolute Gasteiger partial charge is 0.339 e. The standard InChI is InChI=1S/C11H10ClFN2O/c1-7-6-8(2-3-9(7)13)11-14-10(4-5-12)16-15-11/h2-3,6H,4-5H2,1H3. The minimum absolute atomic E-state index is 0.242. The Kier molecular flexibility index (Phi) is 3.19. The predicted octanol–water partition coefficient (Wildman–Crippen LogP) is 2.97. The highest BCUT2D eigenvalue weighted by atomic mass is 35.5. The average Bonchev–Trinajstić information content (AvgIpc) is 2.71. The van der Waals surface area contributed by atoms with Crippen LogP contribution >= 0.6 is 11.6 Å². The van der Waals surface area contributed by atoms with Crippen molar-refractivity contribution in [2.45, 2.75) is 13.3 Å². The highest BCUT2D eigenvalue weighted by Gasteiger charge is 2.09. The minimum atomic E-state index is -0.242. The molecule has 0 spiro atoms. The van der Waals surface area contributed by atoms with E-state index in [1.165, 1.54) is 6.07 Å². The lowest BCUT2D eigenvalue weighted by atomic mass is 10.1. The Balaban J connectivity index is 2.31. The second-order valence-electron chi connectivity index (χ2n) is 3.41. The smallest absolute Gasteiger partial charge is 0.228 e. The lowest BCUT2D eigenvalue weighted by Gasteiger charge is -1.97. The first-order chi connectivity index (χ1) is 7.70. The Hall–Kier alpha value is -1.42. The fraction of sp³-hybridized carbons (Fsp3) is 0.273. The summed E-state index contributed by atoms with van der Waals surface area (Å²) in [6, 6.07) is 4.70. The van der Waals surface area contributed by atoms with Crippen molar-refractivity contribution in [3.05, 3.63) is 35.5 Å². The van der Waals surface area contributed by atoms with E-state index in [4.69, 9.17) is 16.1 Å². The van der Waals surface area contributed by atoms with Crippen molar-refractivity contribution in [2.24, 2.45) is 0 Å². The van der Waals surface area contributed by atoms with Gasteiger partial charge < -0.3 is 4.52 Å². The molecule has 0 bridgehead atoms. The molecular weight excluding hydrogens is 231 g/mol. The van der Waals surface area contributed by atoms with Gasteiger partial charge in [0.2, 0.25) is 11.7 Å². The number of nitrogens with zero attached hydrogens (tertiary/aromatic N) is 2. The summed E-state index contributed by atoms with van der Waals surface area (Å²) in [6.45, 7) is 1.69. The lowest BCUT2D eigenvalue weighted by molar-refractivity contribution is 0.383.